The summed E-state index contributed by atoms with van der Waals surface area (Å²) < 4.78 is 6.09. The second-order valence-corrected chi connectivity index (χ2v) is 8.88. The van der Waals surface area contributed by atoms with E-state index >= 15 is 0 Å². The van der Waals surface area contributed by atoms with E-state index < -0.39 is 0 Å². The van der Waals surface area contributed by atoms with Gasteiger partial charge in [-0.1, -0.05) is 43.3 Å². The van der Waals surface area contributed by atoms with Crippen molar-refractivity contribution in [2.75, 3.05) is 49.6 Å². The lowest BCUT2D eigenvalue weighted by molar-refractivity contribution is -0.130. The van der Waals surface area contributed by atoms with Gasteiger partial charge >= 0.3 is 0 Å². The fraction of sp³-hybridized carbons (Fsp3) is 0.407. The lowest BCUT2D eigenvalue weighted by atomic mass is 10.1. The van der Waals surface area contributed by atoms with Crippen molar-refractivity contribution in [2.45, 2.75) is 33.6 Å². The number of aromatic nitrogens is 1. The molecule has 0 aliphatic carbocycles. The highest BCUT2D eigenvalue weighted by atomic mass is 16.4. The van der Waals surface area contributed by atoms with Crippen molar-refractivity contribution < 1.29 is 9.21 Å². The van der Waals surface area contributed by atoms with E-state index in [1.165, 1.54) is 16.8 Å². The molecule has 2 aromatic carbocycles. The fourth-order valence-corrected chi connectivity index (χ4v) is 4.23. The number of hydrogen-bond acceptors (Lipinski definition) is 5. The zero-order chi connectivity index (χ0) is 23.4. The van der Waals surface area contributed by atoms with Crippen LogP contribution in [0.25, 0.3) is 11.3 Å². The van der Waals surface area contributed by atoms with E-state index in [1.807, 2.05) is 47.2 Å². The number of amides is 1. The van der Waals surface area contributed by atoms with Gasteiger partial charge in [0, 0.05) is 50.9 Å². The molecular weight excluding hydrogens is 412 g/mol. The summed E-state index contributed by atoms with van der Waals surface area (Å²) in [5.74, 6) is 0.980. The van der Waals surface area contributed by atoms with Crippen LogP contribution in [-0.4, -0.2) is 55.6 Å². The Morgan fingerprint density at radius 3 is 2.42 bits per heavy atom. The highest BCUT2D eigenvalue weighted by Crippen LogP contribution is 2.28. The Balaban J connectivity index is 1.38. The lowest BCUT2D eigenvalue weighted by Gasteiger charge is -2.36. The number of oxazole rings is 1. The third kappa shape index (κ3) is 5.21. The molecule has 0 bridgehead atoms. The summed E-state index contributed by atoms with van der Waals surface area (Å²) in [5.41, 5.74) is 5.75. The van der Waals surface area contributed by atoms with Gasteiger partial charge in [0.15, 0.2) is 0 Å². The molecule has 33 heavy (non-hydrogen) atoms. The van der Waals surface area contributed by atoms with Crippen LogP contribution >= 0.6 is 0 Å². The third-order valence-electron chi connectivity index (χ3n) is 6.40. The summed E-state index contributed by atoms with van der Waals surface area (Å²) in [4.78, 5) is 23.9. The molecule has 174 valence electrons. The highest BCUT2D eigenvalue weighted by molar-refractivity contribution is 5.81. The van der Waals surface area contributed by atoms with E-state index in [0.717, 1.165) is 56.0 Å². The first-order valence-electron chi connectivity index (χ1n) is 11.8. The highest BCUT2D eigenvalue weighted by Gasteiger charge is 2.24. The van der Waals surface area contributed by atoms with E-state index in [2.05, 4.69) is 43.9 Å². The van der Waals surface area contributed by atoms with Gasteiger partial charge in [0.1, 0.15) is 18.0 Å². The van der Waals surface area contributed by atoms with E-state index in [-0.39, 0.29) is 12.5 Å². The molecule has 3 aromatic rings. The number of anilines is 2. The molecule has 6 nitrogen and oxygen atoms in total. The fourth-order valence-electron chi connectivity index (χ4n) is 4.23. The van der Waals surface area contributed by atoms with E-state index in [0.29, 0.717) is 6.01 Å². The molecule has 1 aliphatic heterocycles. The standard InChI is InChI=1S/C27H34N4O2/c1-5-9-24-26(22-10-7-6-8-11-22)28-27(33-24)29(4)19-25(32)31-16-14-30(15-17-31)23-13-12-20(2)21(3)18-23/h6-8,10-13,18H,5,9,14-17,19H2,1-4H3. The maximum Gasteiger partial charge on any atom is 0.298 e. The first kappa shape index (κ1) is 22.9. The molecule has 4 rings (SSSR count). The molecule has 1 aromatic heterocycles. The number of rotatable bonds is 7. The average Bonchev–Trinajstić information content (AvgIpc) is 3.26. The molecule has 6 heteroatoms. The Kier molecular flexibility index (Phi) is 7.02. The predicted octanol–water partition coefficient (Wildman–Crippen LogP) is 4.70. The van der Waals surface area contributed by atoms with E-state index in [9.17, 15) is 4.79 Å². The number of likely N-dealkylation sites (N-methyl/N-ethyl adjacent to an activating group) is 1. The molecule has 0 spiro atoms. The second kappa shape index (κ2) is 10.1. The van der Waals surface area contributed by atoms with Crippen LogP contribution < -0.4 is 9.80 Å². The molecule has 0 unspecified atom stereocenters. The summed E-state index contributed by atoms with van der Waals surface area (Å²) >= 11 is 0. The number of carbonyl (C=O) groups excluding carboxylic acids is 1. The van der Waals surface area contributed by atoms with Crippen LogP contribution in [0.5, 0.6) is 0 Å². The number of piperazine rings is 1. The van der Waals surface area contributed by atoms with Crippen LogP contribution in [0.2, 0.25) is 0 Å². The second-order valence-electron chi connectivity index (χ2n) is 8.88. The summed E-state index contributed by atoms with van der Waals surface area (Å²) in [6.45, 7) is 9.79. The van der Waals surface area contributed by atoms with Crippen LogP contribution in [-0.2, 0) is 11.2 Å². The molecule has 0 atom stereocenters. The normalized spacial score (nSPS) is 13.9. The van der Waals surface area contributed by atoms with Crippen LogP contribution in [0.1, 0.15) is 30.2 Å². The van der Waals surface area contributed by atoms with Gasteiger partial charge in [-0.3, -0.25) is 4.79 Å². The topological polar surface area (TPSA) is 52.8 Å². The van der Waals surface area contributed by atoms with Crippen molar-refractivity contribution in [2.24, 2.45) is 0 Å². The first-order valence-corrected chi connectivity index (χ1v) is 11.8. The van der Waals surface area contributed by atoms with Crippen molar-refractivity contribution in [3.05, 3.63) is 65.4 Å². The number of hydrogen-bond donors (Lipinski definition) is 0. The van der Waals surface area contributed by atoms with Crippen LogP contribution in [0, 0.1) is 13.8 Å². The van der Waals surface area contributed by atoms with Gasteiger partial charge in [0.25, 0.3) is 6.01 Å². The van der Waals surface area contributed by atoms with Gasteiger partial charge in [0.2, 0.25) is 5.91 Å². The molecule has 1 fully saturated rings. The van der Waals surface area contributed by atoms with Gasteiger partial charge < -0.3 is 19.1 Å². The zero-order valence-electron chi connectivity index (χ0n) is 20.2. The number of carbonyl (C=O) groups is 1. The molecule has 1 amide bonds. The van der Waals surface area contributed by atoms with Crippen molar-refractivity contribution in [3.8, 4) is 11.3 Å². The predicted molar refractivity (Wildman–Crippen MR) is 134 cm³/mol. The monoisotopic (exact) mass is 446 g/mol. The van der Waals surface area contributed by atoms with E-state index in [4.69, 9.17) is 9.40 Å². The molecule has 1 aliphatic rings. The van der Waals surface area contributed by atoms with Crippen LogP contribution in [0.4, 0.5) is 11.7 Å². The van der Waals surface area contributed by atoms with Crippen molar-refractivity contribution in [1.29, 1.82) is 0 Å². The quantitative estimate of drug-likeness (QED) is 0.527. The van der Waals surface area contributed by atoms with Gasteiger partial charge in [-0.05, 0) is 43.5 Å². The van der Waals surface area contributed by atoms with Crippen LogP contribution in [0.3, 0.4) is 0 Å². The largest absolute Gasteiger partial charge is 0.428 e. The number of aryl methyl sites for hydroxylation is 3. The van der Waals surface area contributed by atoms with Gasteiger partial charge in [-0.2, -0.15) is 4.98 Å². The Hall–Kier alpha value is -3.28. The Morgan fingerprint density at radius 1 is 1.03 bits per heavy atom. The zero-order valence-corrected chi connectivity index (χ0v) is 20.2. The summed E-state index contributed by atoms with van der Waals surface area (Å²) in [7, 11) is 1.87. The Labute approximate surface area is 196 Å². The smallest absolute Gasteiger partial charge is 0.298 e. The SMILES string of the molecule is CCCc1oc(N(C)CC(=O)N2CCN(c3ccc(C)c(C)c3)CC2)nc1-c1ccccc1. The lowest BCUT2D eigenvalue weighted by Crippen LogP contribution is -2.51. The van der Waals surface area contributed by atoms with Gasteiger partial charge in [-0.25, -0.2) is 0 Å². The molecule has 0 N–H and O–H groups in total. The number of nitrogens with zero attached hydrogens (tertiary/aromatic N) is 4. The summed E-state index contributed by atoms with van der Waals surface area (Å²) in [6.07, 6.45) is 1.79. The van der Waals surface area contributed by atoms with Gasteiger partial charge in [0.05, 0.1) is 0 Å². The minimum atomic E-state index is 0.105. The third-order valence-corrected chi connectivity index (χ3v) is 6.40. The molecular formula is C27H34N4O2. The maximum absolute atomic E-state index is 13.0. The summed E-state index contributed by atoms with van der Waals surface area (Å²) in [6, 6.07) is 17.2. The van der Waals surface area contributed by atoms with Crippen molar-refractivity contribution in [3.63, 3.8) is 0 Å². The van der Waals surface area contributed by atoms with Crippen molar-refractivity contribution >= 4 is 17.6 Å². The van der Waals surface area contributed by atoms with Crippen molar-refractivity contribution in [1.82, 2.24) is 9.88 Å². The molecule has 0 radical (unpaired) electrons. The first-order chi connectivity index (χ1) is 16.0. The Bertz CT molecular complexity index is 1080. The minimum absolute atomic E-state index is 0.105. The minimum Gasteiger partial charge on any atom is -0.428 e. The number of benzene rings is 2. The van der Waals surface area contributed by atoms with Crippen LogP contribution in [0.15, 0.2) is 52.9 Å². The maximum atomic E-state index is 13.0. The average molecular weight is 447 g/mol. The Morgan fingerprint density at radius 2 is 1.76 bits per heavy atom. The van der Waals surface area contributed by atoms with Gasteiger partial charge in [-0.15, -0.1) is 0 Å². The molecule has 0 saturated carbocycles. The molecule has 1 saturated heterocycles. The van der Waals surface area contributed by atoms with E-state index in [1.54, 1.807) is 0 Å². The molecule has 2 heterocycles. The summed E-state index contributed by atoms with van der Waals surface area (Å²) in [5, 5.41) is 0.